The molecule has 0 aromatic carbocycles. The summed E-state index contributed by atoms with van der Waals surface area (Å²) in [5.74, 6) is -2.96. The van der Waals surface area contributed by atoms with Crippen LogP contribution in [0.4, 0.5) is 0 Å². The van der Waals surface area contributed by atoms with Gasteiger partial charge in [-0.15, -0.1) is 0 Å². The summed E-state index contributed by atoms with van der Waals surface area (Å²) in [4.78, 5) is 46.6. The van der Waals surface area contributed by atoms with Crippen LogP contribution in [0.1, 0.15) is 27.2 Å². The van der Waals surface area contributed by atoms with Crippen molar-refractivity contribution in [3.8, 4) is 0 Å². The van der Waals surface area contributed by atoms with Gasteiger partial charge in [-0.3, -0.25) is 9.59 Å². The Morgan fingerprint density at radius 3 is 2.21 bits per heavy atom. The highest BCUT2D eigenvalue weighted by atomic mass is 16.6. The molecule has 1 aliphatic rings. The smallest absolute Gasteiger partial charge is 0.331 e. The first kappa shape index (κ1) is 19.6. The van der Waals surface area contributed by atoms with Crippen LogP contribution in [0.15, 0.2) is 24.3 Å². The van der Waals surface area contributed by atoms with Gasteiger partial charge in [0, 0.05) is 12.2 Å². The first-order valence-electron chi connectivity index (χ1n) is 7.38. The second kappa shape index (κ2) is 8.97. The van der Waals surface area contributed by atoms with E-state index in [1.807, 2.05) is 0 Å². The fourth-order valence-corrected chi connectivity index (χ4v) is 1.73. The Labute approximate surface area is 139 Å². The standard InChI is InChI=1S/C16H20O8/c1-9-8-16(21)24-11(3)13(18)5-7-15(20)23-10(2)12(17)4-6-14(19)22-9/h4-7,9-12,17H,8H2,1-3H3/b6-4+,7-5+/t9-,10-,11-,12+/m0/s1. The van der Waals surface area contributed by atoms with Gasteiger partial charge in [0.25, 0.3) is 0 Å². The predicted molar refractivity (Wildman–Crippen MR) is 80.6 cm³/mol. The maximum absolute atomic E-state index is 11.8. The van der Waals surface area contributed by atoms with Crippen LogP contribution in [0.3, 0.4) is 0 Å². The van der Waals surface area contributed by atoms with Crippen LogP contribution >= 0.6 is 0 Å². The zero-order chi connectivity index (χ0) is 18.3. The topological polar surface area (TPSA) is 116 Å². The van der Waals surface area contributed by atoms with Crippen molar-refractivity contribution in [2.24, 2.45) is 0 Å². The lowest BCUT2D eigenvalue weighted by atomic mass is 10.2. The molecule has 0 amide bonds. The molecule has 0 radical (unpaired) electrons. The third kappa shape index (κ3) is 6.74. The number of carbonyl (C=O) groups excluding carboxylic acids is 4. The minimum Gasteiger partial charge on any atom is -0.459 e. The van der Waals surface area contributed by atoms with Crippen molar-refractivity contribution < 1.29 is 38.5 Å². The van der Waals surface area contributed by atoms with Gasteiger partial charge >= 0.3 is 17.9 Å². The zero-order valence-corrected chi connectivity index (χ0v) is 13.6. The average Bonchev–Trinajstić information content (AvgIpc) is 2.48. The molecule has 0 aromatic heterocycles. The summed E-state index contributed by atoms with van der Waals surface area (Å²) in [6.45, 7) is 4.26. The Morgan fingerprint density at radius 1 is 0.917 bits per heavy atom. The van der Waals surface area contributed by atoms with Crippen LogP contribution < -0.4 is 0 Å². The number of rotatable bonds is 0. The molecule has 4 atom stereocenters. The molecule has 0 spiro atoms. The van der Waals surface area contributed by atoms with Gasteiger partial charge in [0.1, 0.15) is 18.3 Å². The fourth-order valence-electron chi connectivity index (χ4n) is 1.73. The molecule has 24 heavy (non-hydrogen) atoms. The predicted octanol–water partition coefficient (Wildman–Crippen LogP) is 0.228. The largest absolute Gasteiger partial charge is 0.459 e. The first-order valence-corrected chi connectivity index (χ1v) is 7.38. The van der Waals surface area contributed by atoms with Crippen molar-refractivity contribution in [1.82, 2.24) is 0 Å². The van der Waals surface area contributed by atoms with Crippen LogP contribution in [0.25, 0.3) is 0 Å². The maximum Gasteiger partial charge on any atom is 0.331 e. The van der Waals surface area contributed by atoms with Crippen molar-refractivity contribution in [2.45, 2.75) is 51.6 Å². The molecule has 132 valence electrons. The van der Waals surface area contributed by atoms with Crippen molar-refractivity contribution in [3.63, 3.8) is 0 Å². The van der Waals surface area contributed by atoms with E-state index in [9.17, 15) is 24.3 Å². The average molecular weight is 340 g/mol. The molecular formula is C16H20O8. The molecule has 1 heterocycles. The third-order valence-corrected chi connectivity index (χ3v) is 3.08. The van der Waals surface area contributed by atoms with E-state index in [0.29, 0.717) is 0 Å². The van der Waals surface area contributed by atoms with Crippen LogP contribution in [-0.4, -0.2) is 53.2 Å². The number of ether oxygens (including phenoxy) is 3. The minimum absolute atomic E-state index is 0.234. The van der Waals surface area contributed by atoms with Crippen LogP contribution in [0.2, 0.25) is 0 Å². The van der Waals surface area contributed by atoms with Gasteiger partial charge in [-0.05, 0) is 32.9 Å². The Morgan fingerprint density at radius 2 is 1.54 bits per heavy atom. The maximum atomic E-state index is 11.8. The Balaban J connectivity index is 2.93. The highest BCUT2D eigenvalue weighted by molar-refractivity contribution is 5.99. The number of cyclic esters (lactones) is 3. The highest BCUT2D eigenvalue weighted by Crippen LogP contribution is 2.07. The van der Waals surface area contributed by atoms with Gasteiger partial charge in [-0.1, -0.05) is 0 Å². The SMILES string of the molecule is C[C@@H]1OC(=O)C[C@H](C)OC(=O)/C=C/[C@@H](O)[C@H](C)OC(=O)/C=C/C1=O. The lowest BCUT2D eigenvalue weighted by Crippen LogP contribution is -2.28. The van der Waals surface area contributed by atoms with E-state index in [0.717, 1.165) is 24.3 Å². The number of esters is 3. The van der Waals surface area contributed by atoms with E-state index >= 15 is 0 Å². The summed E-state index contributed by atoms with van der Waals surface area (Å²) < 4.78 is 14.7. The van der Waals surface area contributed by atoms with Gasteiger partial charge < -0.3 is 19.3 Å². The Hall–Kier alpha value is -2.48. The normalized spacial score (nSPS) is 33.2. The number of ketones is 1. The molecule has 0 aliphatic carbocycles. The molecule has 0 aromatic rings. The molecule has 0 unspecified atom stereocenters. The quantitative estimate of drug-likeness (QED) is 0.492. The Bertz CT molecular complexity index is 562. The number of aliphatic hydroxyl groups excluding tert-OH is 1. The van der Waals surface area contributed by atoms with Crippen molar-refractivity contribution in [2.75, 3.05) is 0 Å². The molecular weight excluding hydrogens is 320 g/mol. The third-order valence-electron chi connectivity index (χ3n) is 3.08. The van der Waals surface area contributed by atoms with E-state index in [1.54, 1.807) is 0 Å². The lowest BCUT2D eigenvalue weighted by molar-refractivity contribution is -0.157. The zero-order valence-electron chi connectivity index (χ0n) is 13.6. The van der Waals surface area contributed by atoms with Gasteiger partial charge in [-0.25, -0.2) is 9.59 Å². The molecule has 1 rings (SSSR count). The minimum atomic E-state index is -1.24. The van der Waals surface area contributed by atoms with E-state index in [2.05, 4.69) is 0 Å². The summed E-state index contributed by atoms with van der Waals surface area (Å²) in [5, 5.41) is 9.79. The molecule has 0 saturated carbocycles. The summed E-state index contributed by atoms with van der Waals surface area (Å²) >= 11 is 0. The molecule has 1 N–H and O–H groups in total. The van der Waals surface area contributed by atoms with Gasteiger partial charge in [0.05, 0.1) is 6.42 Å². The summed E-state index contributed by atoms with van der Waals surface area (Å²) in [5.41, 5.74) is 0. The monoisotopic (exact) mass is 340 g/mol. The Kier molecular flexibility index (Phi) is 7.31. The summed E-state index contributed by atoms with van der Waals surface area (Å²) in [6, 6.07) is 0. The molecule has 8 nitrogen and oxygen atoms in total. The van der Waals surface area contributed by atoms with Crippen molar-refractivity contribution >= 4 is 23.7 Å². The number of carbonyl (C=O) groups is 4. The summed E-state index contributed by atoms with van der Waals surface area (Å²) in [6.07, 6.45) is -0.388. The lowest BCUT2D eigenvalue weighted by Gasteiger charge is -2.17. The number of hydrogen-bond donors (Lipinski definition) is 1. The second-order valence-electron chi connectivity index (χ2n) is 5.31. The number of hydrogen-bond acceptors (Lipinski definition) is 8. The van der Waals surface area contributed by atoms with Crippen LogP contribution in [0, 0.1) is 0 Å². The van der Waals surface area contributed by atoms with E-state index in [4.69, 9.17) is 14.2 Å². The second-order valence-corrected chi connectivity index (χ2v) is 5.31. The van der Waals surface area contributed by atoms with Crippen molar-refractivity contribution in [1.29, 1.82) is 0 Å². The van der Waals surface area contributed by atoms with E-state index in [-0.39, 0.29) is 6.42 Å². The van der Waals surface area contributed by atoms with Gasteiger partial charge in [0.2, 0.25) is 0 Å². The van der Waals surface area contributed by atoms with E-state index in [1.165, 1.54) is 20.8 Å². The molecule has 8 heteroatoms. The molecule has 0 bridgehead atoms. The van der Waals surface area contributed by atoms with Gasteiger partial charge in [-0.2, -0.15) is 0 Å². The van der Waals surface area contributed by atoms with Gasteiger partial charge in [0.15, 0.2) is 11.9 Å². The van der Waals surface area contributed by atoms with E-state index < -0.39 is 48.1 Å². The molecule has 0 fully saturated rings. The first-order chi connectivity index (χ1) is 11.2. The highest BCUT2D eigenvalue weighted by Gasteiger charge is 2.21. The molecule has 0 saturated heterocycles. The van der Waals surface area contributed by atoms with Crippen molar-refractivity contribution in [3.05, 3.63) is 24.3 Å². The molecule has 1 aliphatic heterocycles. The van der Waals surface area contributed by atoms with Crippen LogP contribution in [-0.2, 0) is 33.4 Å². The fraction of sp³-hybridized carbons (Fsp3) is 0.500. The van der Waals surface area contributed by atoms with Crippen LogP contribution in [0.5, 0.6) is 0 Å². The summed E-state index contributed by atoms with van der Waals surface area (Å²) in [7, 11) is 0. The number of aliphatic hydroxyl groups is 1.